The molecule has 1 fully saturated rings. The minimum absolute atomic E-state index is 0.00200. The summed E-state index contributed by atoms with van der Waals surface area (Å²) >= 11 is 0. The molecule has 0 radical (unpaired) electrons. The van der Waals surface area contributed by atoms with Crippen molar-refractivity contribution in [1.82, 2.24) is 29.9 Å². The molecule has 2 bridgehead atoms. The molecule has 1 N–H and O–H groups in total. The van der Waals surface area contributed by atoms with E-state index in [4.69, 9.17) is 23.9 Å². The SMILES string of the molecule is COCC(=O)N1CCN(C(=O)Cn2ncc3ccccc32)CCC(=O)NCC2CCCN(C2)c2nc3cc(OC)c(OC)c(OC)c3cc2C1. The number of nitrogens with one attached hydrogen (secondary N) is 1. The van der Waals surface area contributed by atoms with Crippen LogP contribution >= 0.6 is 0 Å². The Labute approximate surface area is 291 Å². The molecule has 2 aliphatic rings. The highest BCUT2D eigenvalue weighted by Gasteiger charge is 2.28. The molecule has 266 valence electrons. The van der Waals surface area contributed by atoms with Gasteiger partial charge in [-0.1, -0.05) is 18.2 Å². The Balaban J connectivity index is 1.39. The number of benzene rings is 2. The van der Waals surface area contributed by atoms with E-state index in [1.54, 1.807) is 42.0 Å². The fourth-order valence-electron chi connectivity index (χ4n) is 6.91. The highest BCUT2D eigenvalue weighted by Crippen LogP contribution is 2.44. The van der Waals surface area contributed by atoms with Crippen molar-refractivity contribution in [2.24, 2.45) is 5.92 Å². The molecule has 6 rings (SSSR count). The molecular formula is C36H45N7O7. The standard InChI is InChI=1S/C36H45N7O7/c1-47-23-33(46)41-15-14-40(32(45)22-43-29-10-6-5-9-25(29)19-38-43)13-11-31(44)37-18-24-8-7-12-42(20-24)36-26(21-41)16-27-28(39-36)17-30(48-2)35(50-4)34(27)49-3/h5-6,9-10,16-17,19,24H,7-8,11-15,18,20-23H2,1-4H3,(H,37,44). The number of rotatable bonds is 7. The van der Waals surface area contributed by atoms with Gasteiger partial charge in [0, 0.05) is 81.7 Å². The minimum Gasteiger partial charge on any atom is -0.493 e. The number of carbonyl (C=O) groups is 3. The average molecular weight is 688 g/mol. The third-order valence-electron chi connectivity index (χ3n) is 9.50. The van der Waals surface area contributed by atoms with Gasteiger partial charge in [-0.3, -0.25) is 19.1 Å². The Bertz CT molecular complexity index is 1860. The number of hydrogen-bond acceptors (Lipinski definition) is 10. The summed E-state index contributed by atoms with van der Waals surface area (Å²) in [6, 6.07) is 11.5. The Hall–Kier alpha value is -5.11. The van der Waals surface area contributed by atoms with Crippen LogP contribution in [0.2, 0.25) is 0 Å². The molecule has 2 aliphatic heterocycles. The van der Waals surface area contributed by atoms with E-state index in [-0.39, 0.29) is 69.4 Å². The number of amides is 3. The number of methoxy groups -OCH3 is 4. The molecule has 2 aromatic carbocycles. The Morgan fingerprint density at radius 2 is 1.74 bits per heavy atom. The predicted octanol–water partition coefficient (Wildman–Crippen LogP) is 2.85. The van der Waals surface area contributed by atoms with Gasteiger partial charge in [0.1, 0.15) is 19.0 Å². The van der Waals surface area contributed by atoms with E-state index < -0.39 is 0 Å². The normalized spacial score (nSPS) is 17.5. The zero-order chi connectivity index (χ0) is 35.2. The van der Waals surface area contributed by atoms with Crippen molar-refractivity contribution in [3.05, 3.63) is 48.2 Å². The van der Waals surface area contributed by atoms with Crippen molar-refractivity contribution in [3.63, 3.8) is 0 Å². The number of piperidine rings is 1. The van der Waals surface area contributed by atoms with E-state index in [0.717, 1.165) is 41.7 Å². The van der Waals surface area contributed by atoms with Gasteiger partial charge in [-0.15, -0.1) is 0 Å². The van der Waals surface area contributed by atoms with Crippen LogP contribution in [0.15, 0.2) is 42.6 Å². The third-order valence-corrected chi connectivity index (χ3v) is 9.50. The fourth-order valence-corrected chi connectivity index (χ4v) is 6.91. The van der Waals surface area contributed by atoms with Crippen LogP contribution < -0.4 is 24.4 Å². The maximum absolute atomic E-state index is 13.8. The fraction of sp³-hybridized carbons (Fsp3) is 0.472. The van der Waals surface area contributed by atoms with Crippen LogP contribution in [0.5, 0.6) is 17.2 Å². The first-order chi connectivity index (χ1) is 24.3. The van der Waals surface area contributed by atoms with Gasteiger partial charge in [-0.25, -0.2) is 4.98 Å². The van der Waals surface area contributed by atoms with Gasteiger partial charge in [0.25, 0.3) is 0 Å². The number of anilines is 1. The molecule has 1 saturated heterocycles. The molecule has 50 heavy (non-hydrogen) atoms. The largest absolute Gasteiger partial charge is 0.493 e. The van der Waals surface area contributed by atoms with Gasteiger partial charge in [-0.05, 0) is 30.9 Å². The maximum Gasteiger partial charge on any atom is 0.248 e. The van der Waals surface area contributed by atoms with E-state index in [9.17, 15) is 14.4 Å². The second-order valence-electron chi connectivity index (χ2n) is 12.7. The summed E-state index contributed by atoms with van der Waals surface area (Å²) in [5.41, 5.74) is 2.31. The van der Waals surface area contributed by atoms with Crippen molar-refractivity contribution in [2.75, 3.05) is 79.2 Å². The number of hydrogen-bond donors (Lipinski definition) is 1. The molecule has 4 aromatic rings. The number of aromatic nitrogens is 3. The zero-order valence-electron chi connectivity index (χ0n) is 29.1. The summed E-state index contributed by atoms with van der Waals surface area (Å²) < 4.78 is 24.1. The van der Waals surface area contributed by atoms with E-state index >= 15 is 0 Å². The molecule has 2 aromatic heterocycles. The summed E-state index contributed by atoms with van der Waals surface area (Å²) in [4.78, 5) is 51.3. The van der Waals surface area contributed by atoms with Crippen LogP contribution in [0.3, 0.4) is 0 Å². The molecular weight excluding hydrogens is 642 g/mol. The van der Waals surface area contributed by atoms with Crippen molar-refractivity contribution in [2.45, 2.75) is 32.4 Å². The number of para-hydroxylation sites is 1. The van der Waals surface area contributed by atoms with Crippen molar-refractivity contribution in [1.29, 1.82) is 0 Å². The first kappa shape index (κ1) is 34.7. The summed E-state index contributed by atoms with van der Waals surface area (Å²) in [6.45, 7) is 2.67. The highest BCUT2D eigenvalue weighted by atomic mass is 16.5. The van der Waals surface area contributed by atoms with E-state index in [1.807, 2.05) is 36.4 Å². The molecule has 3 amide bonds. The lowest BCUT2D eigenvalue weighted by Crippen LogP contribution is -2.44. The van der Waals surface area contributed by atoms with Crippen LogP contribution in [-0.4, -0.2) is 117 Å². The second kappa shape index (κ2) is 15.6. The monoisotopic (exact) mass is 687 g/mol. The van der Waals surface area contributed by atoms with E-state index in [2.05, 4.69) is 15.3 Å². The number of fused-ring (bicyclic) bond motifs is 6. The van der Waals surface area contributed by atoms with Crippen LogP contribution in [-0.2, 0) is 32.2 Å². The molecule has 1 unspecified atom stereocenters. The van der Waals surface area contributed by atoms with Crippen LogP contribution in [0.25, 0.3) is 21.8 Å². The molecule has 0 spiro atoms. The topological polar surface area (TPSA) is 141 Å². The second-order valence-corrected chi connectivity index (χ2v) is 12.7. The maximum atomic E-state index is 13.8. The van der Waals surface area contributed by atoms with Crippen LogP contribution in [0.1, 0.15) is 24.8 Å². The van der Waals surface area contributed by atoms with Crippen molar-refractivity contribution < 1.29 is 33.3 Å². The van der Waals surface area contributed by atoms with Gasteiger partial charge >= 0.3 is 0 Å². The van der Waals surface area contributed by atoms with Gasteiger partial charge < -0.3 is 39.0 Å². The van der Waals surface area contributed by atoms with Gasteiger partial charge in [0.15, 0.2) is 11.5 Å². The lowest BCUT2D eigenvalue weighted by molar-refractivity contribution is -0.138. The Morgan fingerprint density at radius 3 is 2.52 bits per heavy atom. The average Bonchev–Trinajstić information content (AvgIpc) is 3.54. The quantitative estimate of drug-likeness (QED) is 0.309. The minimum atomic E-state index is -0.234. The van der Waals surface area contributed by atoms with E-state index in [0.29, 0.717) is 41.2 Å². The first-order valence-electron chi connectivity index (χ1n) is 16.9. The summed E-state index contributed by atoms with van der Waals surface area (Å²) in [7, 11) is 6.18. The molecule has 1 atom stereocenters. The lowest BCUT2D eigenvalue weighted by atomic mass is 9.97. The summed E-state index contributed by atoms with van der Waals surface area (Å²) in [6.07, 6.45) is 3.75. The van der Waals surface area contributed by atoms with Crippen molar-refractivity contribution in [3.8, 4) is 17.2 Å². The molecule has 14 heteroatoms. The van der Waals surface area contributed by atoms with Crippen molar-refractivity contribution >= 4 is 45.3 Å². The number of ether oxygens (including phenoxy) is 4. The molecule has 14 nitrogen and oxygen atoms in total. The number of carbonyl (C=O) groups excluding carboxylic acids is 3. The lowest BCUT2D eigenvalue weighted by Gasteiger charge is -2.35. The summed E-state index contributed by atoms with van der Waals surface area (Å²) in [5.74, 6) is 1.80. The predicted molar refractivity (Wildman–Crippen MR) is 188 cm³/mol. The number of pyridine rings is 1. The van der Waals surface area contributed by atoms with Gasteiger partial charge in [-0.2, -0.15) is 5.10 Å². The van der Waals surface area contributed by atoms with Crippen LogP contribution in [0.4, 0.5) is 5.82 Å². The van der Waals surface area contributed by atoms with Crippen LogP contribution in [0, 0.1) is 5.92 Å². The number of nitrogens with zero attached hydrogens (tertiary/aromatic N) is 6. The van der Waals surface area contributed by atoms with Gasteiger partial charge in [0.2, 0.25) is 23.5 Å². The van der Waals surface area contributed by atoms with Gasteiger partial charge in [0.05, 0.1) is 38.6 Å². The molecule has 0 aliphatic carbocycles. The Morgan fingerprint density at radius 1 is 0.940 bits per heavy atom. The molecule has 4 heterocycles. The smallest absolute Gasteiger partial charge is 0.248 e. The van der Waals surface area contributed by atoms with E-state index in [1.165, 1.54) is 7.11 Å². The first-order valence-corrected chi connectivity index (χ1v) is 16.9. The molecule has 0 saturated carbocycles. The Kier molecular flexibility index (Phi) is 10.9. The zero-order valence-corrected chi connectivity index (χ0v) is 29.1. The summed E-state index contributed by atoms with van der Waals surface area (Å²) in [5, 5.41) is 9.19. The third kappa shape index (κ3) is 7.39. The highest BCUT2D eigenvalue weighted by molar-refractivity contribution is 5.92.